The smallest absolute Gasteiger partial charge is 0.122 e. The van der Waals surface area contributed by atoms with Crippen LogP contribution in [0.1, 0.15) is 37.2 Å². The maximum absolute atomic E-state index is 9.76. The standard InChI is InChI=1S/C14H20O3/c1-16-12-6-7-14(17-2)13(9-12)10-4-3-5-11(15)8-10/h6-7,9-11,15H,3-5,8H2,1-2H3. The number of benzene rings is 1. The van der Waals surface area contributed by atoms with Crippen molar-refractivity contribution in [3.63, 3.8) is 0 Å². The van der Waals surface area contributed by atoms with Crippen LogP contribution in [0.25, 0.3) is 0 Å². The van der Waals surface area contributed by atoms with Crippen LogP contribution in [0.4, 0.5) is 0 Å². The molecule has 0 aromatic heterocycles. The number of aliphatic hydroxyl groups excluding tert-OH is 1. The van der Waals surface area contributed by atoms with Gasteiger partial charge in [-0.2, -0.15) is 0 Å². The lowest BCUT2D eigenvalue weighted by atomic mass is 9.82. The summed E-state index contributed by atoms with van der Waals surface area (Å²) in [5.74, 6) is 2.12. The van der Waals surface area contributed by atoms with Gasteiger partial charge in [0.25, 0.3) is 0 Å². The molecule has 0 amide bonds. The van der Waals surface area contributed by atoms with Gasteiger partial charge in [0.1, 0.15) is 11.5 Å². The lowest BCUT2D eigenvalue weighted by Crippen LogP contribution is -2.18. The van der Waals surface area contributed by atoms with Crippen LogP contribution in [0.15, 0.2) is 18.2 Å². The maximum atomic E-state index is 9.76. The van der Waals surface area contributed by atoms with E-state index in [4.69, 9.17) is 9.47 Å². The number of rotatable bonds is 3. The molecule has 2 rings (SSSR count). The lowest BCUT2D eigenvalue weighted by molar-refractivity contribution is 0.119. The molecule has 0 bridgehead atoms. The summed E-state index contributed by atoms with van der Waals surface area (Å²) in [6.45, 7) is 0. The van der Waals surface area contributed by atoms with Gasteiger partial charge in [-0.25, -0.2) is 0 Å². The average Bonchev–Trinajstić information content (AvgIpc) is 2.38. The average molecular weight is 236 g/mol. The third-order valence-electron chi connectivity index (χ3n) is 3.52. The summed E-state index contributed by atoms with van der Waals surface area (Å²) >= 11 is 0. The van der Waals surface area contributed by atoms with Gasteiger partial charge in [-0.15, -0.1) is 0 Å². The molecule has 17 heavy (non-hydrogen) atoms. The molecule has 3 heteroatoms. The van der Waals surface area contributed by atoms with E-state index in [9.17, 15) is 5.11 Å². The van der Waals surface area contributed by atoms with Crippen molar-refractivity contribution in [3.8, 4) is 11.5 Å². The Bertz CT molecular complexity index is 376. The quantitative estimate of drug-likeness (QED) is 0.877. The number of methoxy groups -OCH3 is 2. The minimum atomic E-state index is -0.176. The molecular weight excluding hydrogens is 216 g/mol. The summed E-state index contributed by atoms with van der Waals surface area (Å²) < 4.78 is 10.7. The zero-order valence-corrected chi connectivity index (χ0v) is 10.5. The molecule has 0 spiro atoms. The van der Waals surface area contributed by atoms with Gasteiger partial charge in [0.15, 0.2) is 0 Å². The van der Waals surface area contributed by atoms with Crippen molar-refractivity contribution in [3.05, 3.63) is 23.8 Å². The molecule has 2 unspecified atom stereocenters. The second kappa shape index (κ2) is 5.41. The first-order valence-corrected chi connectivity index (χ1v) is 6.14. The van der Waals surface area contributed by atoms with Crippen molar-refractivity contribution >= 4 is 0 Å². The highest BCUT2D eigenvalue weighted by Gasteiger charge is 2.24. The molecule has 1 N–H and O–H groups in total. The Morgan fingerprint density at radius 1 is 1.18 bits per heavy atom. The van der Waals surface area contributed by atoms with Crippen molar-refractivity contribution in [2.24, 2.45) is 0 Å². The van der Waals surface area contributed by atoms with Crippen molar-refractivity contribution in [2.45, 2.75) is 37.7 Å². The molecule has 1 fully saturated rings. The summed E-state index contributed by atoms with van der Waals surface area (Å²) in [7, 11) is 3.35. The number of aliphatic hydroxyl groups is 1. The molecule has 1 aliphatic rings. The molecule has 2 atom stereocenters. The Labute approximate surface area is 102 Å². The molecule has 3 nitrogen and oxygen atoms in total. The van der Waals surface area contributed by atoms with Crippen LogP contribution in [-0.4, -0.2) is 25.4 Å². The monoisotopic (exact) mass is 236 g/mol. The lowest BCUT2D eigenvalue weighted by Gasteiger charge is -2.27. The summed E-state index contributed by atoms with van der Waals surface area (Å²) in [6, 6.07) is 5.87. The molecular formula is C14H20O3. The van der Waals surface area contributed by atoms with Crippen LogP contribution in [0, 0.1) is 0 Å². The van der Waals surface area contributed by atoms with Crippen LogP contribution >= 0.6 is 0 Å². The van der Waals surface area contributed by atoms with Gasteiger partial charge in [0, 0.05) is 5.56 Å². The largest absolute Gasteiger partial charge is 0.497 e. The van der Waals surface area contributed by atoms with Gasteiger partial charge in [0.2, 0.25) is 0 Å². The highest BCUT2D eigenvalue weighted by Crippen LogP contribution is 2.39. The van der Waals surface area contributed by atoms with Gasteiger partial charge >= 0.3 is 0 Å². The highest BCUT2D eigenvalue weighted by atomic mass is 16.5. The molecule has 1 saturated carbocycles. The Morgan fingerprint density at radius 3 is 2.65 bits per heavy atom. The normalized spacial score (nSPS) is 24.4. The fourth-order valence-corrected chi connectivity index (χ4v) is 2.60. The predicted octanol–water partition coefficient (Wildman–Crippen LogP) is 2.72. The predicted molar refractivity (Wildman–Crippen MR) is 66.8 cm³/mol. The van der Waals surface area contributed by atoms with Crippen molar-refractivity contribution < 1.29 is 14.6 Å². The first-order valence-electron chi connectivity index (χ1n) is 6.14. The van der Waals surface area contributed by atoms with Gasteiger partial charge in [0.05, 0.1) is 20.3 Å². The fourth-order valence-electron chi connectivity index (χ4n) is 2.60. The molecule has 1 aromatic rings. The van der Waals surface area contributed by atoms with Crippen LogP contribution < -0.4 is 9.47 Å². The summed E-state index contributed by atoms with van der Waals surface area (Å²) in [4.78, 5) is 0. The molecule has 0 radical (unpaired) electrons. The summed E-state index contributed by atoms with van der Waals surface area (Å²) in [6.07, 6.45) is 3.75. The second-order valence-electron chi connectivity index (χ2n) is 4.63. The summed E-state index contributed by atoms with van der Waals surface area (Å²) in [5.41, 5.74) is 1.16. The SMILES string of the molecule is COc1ccc(OC)c(C2CCCC(O)C2)c1. The molecule has 0 heterocycles. The van der Waals surface area contributed by atoms with E-state index in [1.54, 1.807) is 14.2 Å². The van der Waals surface area contributed by atoms with E-state index in [-0.39, 0.29) is 6.10 Å². The topological polar surface area (TPSA) is 38.7 Å². The van der Waals surface area contributed by atoms with Gasteiger partial charge in [-0.05, 0) is 43.4 Å². The molecule has 0 aliphatic heterocycles. The van der Waals surface area contributed by atoms with E-state index in [1.807, 2.05) is 18.2 Å². The van der Waals surface area contributed by atoms with Crippen molar-refractivity contribution in [1.82, 2.24) is 0 Å². The number of ether oxygens (including phenoxy) is 2. The minimum Gasteiger partial charge on any atom is -0.497 e. The fraction of sp³-hybridized carbons (Fsp3) is 0.571. The summed E-state index contributed by atoms with van der Waals surface area (Å²) in [5, 5.41) is 9.76. The van der Waals surface area contributed by atoms with E-state index in [0.29, 0.717) is 5.92 Å². The molecule has 1 aromatic carbocycles. The second-order valence-corrected chi connectivity index (χ2v) is 4.63. The Morgan fingerprint density at radius 2 is 2.00 bits per heavy atom. The molecule has 94 valence electrons. The number of hydrogen-bond donors (Lipinski definition) is 1. The van der Waals surface area contributed by atoms with E-state index in [0.717, 1.165) is 42.7 Å². The van der Waals surface area contributed by atoms with E-state index in [1.165, 1.54) is 0 Å². The van der Waals surface area contributed by atoms with Crippen LogP contribution in [0.2, 0.25) is 0 Å². The van der Waals surface area contributed by atoms with E-state index in [2.05, 4.69) is 0 Å². The Hall–Kier alpha value is -1.22. The van der Waals surface area contributed by atoms with Crippen LogP contribution in [0.5, 0.6) is 11.5 Å². The van der Waals surface area contributed by atoms with Crippen LogP contribution in [-0.2, 0) is 0 Å². The van der Waals surface area contributed by atoms with Crippen molar-refractivity contribution in [2.75, 3.05) is 14.2 Å². The maximum Gasteiger partial charge on any atom is 0.122 e. The third-order valence-corrected chi connectivity index (χ3v) is 3.52. The van der Waals surface area contributed by atoms with Gasteiger partial charge in [-0.1, -0.05) is 6.42 Å². The van der Waals surface area contributed by atoms with Gasteiger partial charge < -0.3 is 14.6 Å². The van der Waals surface area contributed by atoms with Crippen LogP contribution in [0.3, 0.4) is 0 Å². The first kappa shape index (κ1) is 12.2. The van der Waals surface area contributed by atoms with E-state index < -0.39 is 0 Å². The van der Waals surface area contributed by atoms with E-state index >= 15 is 0 Å². The number of hydrogen-bond acceptors (Lipinski definition) is 3. The first-order chi connectivity index (χ1) is 8.24. The molecule has 0 saturated heterocycles. The van der Waals surface area contributed by atoms with Crippen molar-refractivity contribution in [1.29, 1.82) is 0 Å². The Kier molecular flexibility index (Phi) is 3.89. The highest BCUT2D eigenvalue weighted by molar-refractivity contribution is 5.42. The Balaban J connectivity index is 2.27. The van der Waals surface area contributed by atoms with Gasteiger partial charge in [-0.3, -0.25) is 0 Å². The zero-order valence-electron chi connectivity index (χ0n) is 10.5. The molecule has 1 aliphatic carbocycles. The zero-order chi connectivity index (χ0) is 12.3. The third kappa shape index (κ3) is 2.72. The minimum absolute atomic E-state index is 0.176.